The quantitative estimate of drug-likeness (QED) is 0.852. The highest BCUT2D eigenvalue weighted by molar-refractivity contribution is 5.92. The van der Waals surface area contributed by atoms with Gasteiger partial charge in [-0.15, -0.1) is 0 Å². The number of benzene rings is 2. The van der Waals surface area contributed by atoms with Crippen LogP contribution < -0.4 is 10.1 Å². The van der Waals surface area contributed by atoms with Gasteiger partial charge in [-0.05, 0) is 55.7 Å². The average Bonchev–Trinajstić information content (AvgIpc) is 2.55. The van der Waals surface area contributed by atoms with Gasteiger partial charge in [0, 0.05) is 5.69 Å². The summed E-state index contributed by atoms with van der Waals surface area (Å²) in [5.41, 5.74) is 4.54. The van der Waals surface area contributed by atoms with Gasteiger partial charge in [0.05, 0.1) is 12.5 Å². The van der Waals surface area contributed by atoms with Crippen molar-refractivity contribution in [2.75, 3.05) is 11.9 Å². The van der Waals surface area contributed by atoms with E-state index in [1.165, 1.54) is 16.7 Å². The summed E-state index contributed by atoms with van der Waals surface area (Å²) < 4.78 is 5.68. The van der Waals surface area contributed by atoms with Crippen molar-refractivity contribution in [3.05, 3.63) is 59.2 Å². The number of carbonyl (C=O) groups excluding carboxylic acids is 1. The lowest BCUT2D eigenvalue weighted by Crippen LogP contribution is -2.25. The molecule has 122 valence electrons. The molecule has 2 aromatic rings. The smallest absolute Gasteiger partial charge is 0.230 e. The highest BCUT2D eigenvalue weighted by atomic mass is 16.5. The molecule has 0 aliphatic rings. The molecule has 2 rings (SSSR count). The monoisotopic (exact) mass is 311 g/mol. The van der Waals surface area contributed by atoms with E-state index in [1.807, 2.05) is 56.3 Å². The molecule has 0 heterocycles. The third-order valence-electron chi connectivity index (χ3n) is 3.97. The topological polar surface area (TPSA) is 38.3 Å². The van der Waals surface area contributed by atoms with Crippen molar-refractivity contribution in [2.24, 2.45) is 5.92 Å². The van der Waals surface area contributed by atoms with Gasteiger partial charge >= 0.3 is 0 Å². The van der Waals surface area contributed by atoms with E-state index in [0.717, 1.165) is 17.9 Å². The van der Waals surface area contributed by atoms with Crippen molar-refractivity contribution in [1.82, 2.24) is 0 Å². The van der Waals surface area contributed by atoms with Crippen LogP contribution in [0.5, 0.6) is 5.75 Å². The largest absolute Gasteiger partial charge is 0.493 e. The van der Waals surface area contributed by atoms with Crippen molar-refractivity contribution in [2.45, 2.75) is 34.1 Å². The summed E-state index contributed by atoms with van der Waals surface area (Å²) >= 11 is 0. The summed E-state index contributed by atoms with van der Waals surface area (Å²) in [6.07, 6.45) is 0.960. The van der Waals surface area contributed by atoms with Crippen LogP contribution in [0.3, 0.4) is 0 Å². The van der Waals surface area contributed by atoms with Gasteiger partial charge in [-0.1, -0.05) is 37.6 Å². The Morgan fingerprint density at radius 1 is 1.13 bits per heavy atom. The second kappa shape index (κ2) is 7.82. The van der Waals surface area contributed by atoms with Gasteiger partial charge in [-0.25, -0.2) is 0 Å². The van der Waals surface area contributed by atoms with Crippen LogP contribution in [0.2, 0.25) is 0 Å². The number of amides is 1. The van der Waals surface area contributed by atoms with Crippen LogP contribution in [0.4, 0.5) is 5.69 Å². The SMILES string of the molecule is CCc1cc(NC(=O)C(C)COc2ccc(C)cc2)ccc1C. The number of rotatable bonds is 6. The number of hydrogen-bond acceptors (Lipinski definition) is 2. The van der Waals surface area contributed by atoms with E-state index in [0.29, 0.717) is 6.61 Å². The first-order valence-corrected chi connectivity index (χ1v) is 8.09. The molecule has 0 bridgehead atoms. The number of aryl methyl sites for hydroxylation is 3. The third-order valence-corrected chi connectivity index (χ3v) is 3.97. The highest BCUT2D eigenvalue weighted by Gasteiger charge is 2.14. The van der Waals surface area contributed by atoms with E-state index in [-0.39, 0.29) is 11.8 Å². The minimum atomic E-state index is -0.220. The Labute approximate surface area is 138 Å². The molecule has 1 atom stereocenters. The Balaban J connectivity index is 1.90. The van der Waals surface area contributed by atoms with E-state index >= 15 is 0 Å². The molecule has 3 heteroatoms. The van der Waals surface area contributed by atoms with Gasteiger partial charge in [0.15, 0.2) is 0 Å². The lowest BCUT2D eigenvalue weighted by atomic mass is 10.1. The second-order valence-corrected chi connectivity index (χ2v) is 6.01. The molecule has 0 spiro atoms. The number of ether oxygens (including phenoxy) is 1. The summed E-state index contributed by atoms with van der Waals surface area (Å²) in [4.78, 5) is 12.3. The van der Waals surface area contributed by atoms with Gasteiger partial charge in [0.25, 0.3) is 0 Å². The fraction of sp³-hybridized carbons (Fsp3) is 0.350. The molecule has 1 N–H and O–H groups in total. The molecule has 0 aromatic heterocycles. The molecular formula is C20H25NO2. The summed E-state index contributed by atoms with van der Waals surface area (Å²) in [5, 5.41) is 2.97. The molecular weight excluding hydrogens is 286 g/mol. The van der Waals surface area contributed by atoms with Crippen LogP contribution in [-0.4, -0.2) is 12.5 Å². The maximum Gasteiger partial charge on any atom is 0.230 e. The van der Waals surface area contributed by atoms with Gasteiger partial charge < -0.3 is 10.1 Å². The molecule has 23 heavy (non-hydrogen) atoms. The van der Waals surface area contributed by atoms with Crippen LogP contribution in [0.25, 0.3) is 0 Å². The van der Waals surface area contributed by atoms with Crippen molar-refractivity contribution in [3.8, 4) is 5.75 Å². The number of anilines is 1. The van der Waals surface area contributed by atoms with E-state index in [1.54, 1.807) is 0 Å². The van der Waals surface area contributed by atoms with E-state index < -0.39 is 0 Å². The Kier molecular flexibility index (Phi) is 5.80. The Hall–Kier alpha value is -2.29. The molecule has 3 nitrogen and oxygen atoms in total. The first kappa shape index (κ1) is 17.1. The minimum absolute atomic E-state index is 0.0250. The number of hydrogen-bond donors (Lipinski definition) is 1. The lowest BCUT2D eigenvalue weighted by Gasteiger charge is -2.14. The molecule has 0 saturated heterocycles. The normalized spacial score (nSPS) is 11.8. The molecule has 0 aliphatic heterocycles. The molecule has 0 fully saturated rings. The van der Waals surface area contributed by atoms with Gasteiger partial charge in [-0.2, -0.15) is 0 Å². The Morgan fingerprint density at radius 2 is 1.83 bits per heavy atom. The van der Waals surface area contributed by atoms with Crippen molar-refractivity contribution in [3.63, 3.8) is 0 Å². The lowest BCUT2D eigenvalue weighted by molar-refractivity contribution is -0.120. The average molecular weight is 311 g/mol. The Bertz CT molecular complexity index is 662. The highest BCUT2D eigenvalue weighted by Crippen LogP contribution is 2.17. The molecule has 2 aromatic carbocycles. The molecule has 1 amide bonds. The summed E-state index contributed by atoms with van der Waals surface area (Å²) in [6, 6.07) is 13.9. The van der Waals surface area contributed by atoms with Crippen molar-refractivity contribution in [1.29, 1.82) is 0 Å². The maximum absolute atomic E-state index is 12.3. The summed E-state index contributed by atoms with van der Waals surface area (Å²) in [5.74, 6) is 0.546. The maximum atomic E-state index is 12.3. The third kappa shape index (κ3) is 4.85. The zero-order valence-electron chi connectivity index (χ0n) is 14.3. The molecule has 0 saturated carbocycles. The van der Waals surface area contributed by atoms with Gasteiger partial charge in [-0.3, -0.25) is 4.79 Å². The van der Waals surface area contributed by atoms with E-state index in [4.69, 9.17) is 4.74 Å². The van der Waals surface area contributed by atoms with Crippen LogP contribution in [-0.2, 0) is 11.2 Å². The summed E-state index contributed by atoms with van der Waals surface area (Å²) in [7, 11) is 0. The fourth-order valence-electron chi connectivity index (χ4n) is 2.33. The molecule has 0 aliphatic carbocycles. The number of nitrogens with one attached hydrogen (secondary N) is 1. The van der Waals surface area contributed by atoms with Crippen LogP contribution >= 0.6 is 0 Å². The Morgan fingerprint density at radius 3 is 2.48 bits per heavy atom. The van der Waals surface area contributed by atoms with Crippen molar-refractivity contribution < 1.29 is 9.53 Å². The molecule has 1 unspecified atom stereocenters. The van der Waals surface area contributed by atoms with Crippen LogP contribution in [0.1, 0.15) is 30.5 Å². The number of carbonyl (C=O) groups is 1. The minimum Gasteiger partial charge on any atom is -0.493 e. The summed E-state index contributed by atoms with van der Waals surface area (Å²) in [6.45, 7) is 8.47. The molecule has 0 radical (unpaired) electrons. The first-order chi connectivity index (χ1) is 11.0. The zero-order chi connectivity index (χ0) is 16.8. The van der Waals surface area contributed by atoms with Crippen LogP contribution in [0.15, 0.2) is 42.5 Å². The second-order valence-electron chi connectivity index (χ2n) is 6.01. The van der Waals surface area contributed by atoms with Crippen LogP contribution in [0, 0.1) is 19.8 Å². The van der Waals surface area contributed by atoms with Gasteiger partial charge in [0.1, 0.15) is 5.75 Å². The predicted octanol–water partition coefficient (Wildman–Crippen LogP) is 4.52. The van der Waals surface area contributed by atoms with Crippen molar-refractivity contribution >= 4 is 11.6 Å². The first-order valence-electron chi connectivity index (χ1n) is 8.09. The zero-order valence-corrected chi connectivity index (χ0v) is 14.3. The fourth-order valence-corrected chi connectivity index (χ4v) is 2.33. The van der Waals surface area contributed by atoms with Gasteiger partial charge in [0.2, 0.25) is 5.91 Å². The van der Waals surface area contributed by atoms with E-state index in [9.17, 15) is 4.79 Å². The predicted molar refractivity (Wildman–Crippen MR) is 95.0 cm³/mol. The van der Waals surface area contributed by atoms with E-state index in [2.05, 4.69) is 19.2 Å². The standard InChI is InChI=1S/C20H25NO2/c1-5-17-12-18(9-8-15(17)3)21-20(22)16(4)13-23-19-10-6-14(2)7-11-19/h6-12,16H,5,13H2,1-4H3,(H,21,22).